The van der Waals surface area contributed by atoms with E-state index in [0.29, 0.717) is 18.3 Å². The molecule has 0 amide bonds. The van der Waals surface area contributed by atoms with Crippen molar-refractivity contribution < 1.29 is 4.52 Å². The van der Waals surface area contributed by atoms with Crippen LogP contribution in [0.4, 0.5) is 0 Å². The van der Waals surface area contributed by atoms with Crippen LogP contribution < -0.4 is 0 Å². The van der Waals surface area contributed by atoms with Crippen LogP contribution in [0.3, 0.4) is 0 Å². The molecular formula is C15H14ClN3OS. The van der Waals surface area contributed by atoms with E-state index in [-0.39, 0.29) is 0 Å². The molecule has 1 aromatic carbocycles. The predicted molar refractivity (Wildman–Crippen MR) is 84.2 cm³/mol. The van der Waals surface area contributed by atoms with Gasteiger partial charge in [-0.25, -0.2) is 0 Å². The summed E-state index contributed by atoms with van der Waals surface area (Å²) in [6, 6.07) is 13.8. The number of nitrogens with zero attached hydrogens (tertiary/aromatic N) is 3. The van der Waals surface area contributed by atoms with Crippen LogP contribution in [-0.4, -0.2) is 22.1 Å². The third-order valence-corrected chi connectivity index (χ3v) is 4.18. The second-order valence-electron chi connectivity index (χ2n) is 4.76. The quantitative estimate of drug-likeness (QED) is 0.710. The third kappa shape index (κ3) is 3.69. The number of halogens is 1. The third-order valence-electron chi connectivity index (χ3n) is 2.96. The van der Waals surface area contributed by atoms with Gasteiger partial charge in [-0.1, -0.05) is 47.1 Å². The van der Waals surface area contributed by atoms with E-state index in [0.717, 1.165) is 16.4 Å². The number of aromatic nitrogens is 2. The van der Waals surface area contributed by atoms with Crippen molar-refractivity contribution in [3.8, 4) is 11.4 Å². The van der Waals surface area contributed by atoms with Gasteiger partial charge in [0.1, 0.15) is 0 Å². The minimum atomic E-state index is 0.607. The lowest BCUT2D eigenvalue weighted by Gasteiger charge is -2.12. The van der Waals surface area contributed by atoms with Crippen LogP contribution in [0.25, 0.3) is 11.4 Å². The highest BCUT2D eigenvalue weighted by Crippen LogP contribution is 2.23. The maximum Gasteiger partial charge on any atom is 0.241 e. The summed E-state index contributed by atoms with van der Waals surface area (Å²) in [7, 11) is 2.01. The Bertz CT molecular complexity index is 711. The monoisotopic (exact) mass is 319 g/mol. The topological polar surface area (TPSA) is 42.2 Å². The van der Waals surface area contributed by atoms with Crippen LogP contribution in [0.15, 0.2) is 47.0 Å². The molecule has 0 fully saturated rings. The minimum Gasteiger partial charge on any atom is -0.338 e. The van der Waals surface area contributed by atoms with Crippen molar-refractivity contribution in [3.63, 3.8) is 0 Å². The van der Waals surface area contributed by atoms with Crippen molar-refractivity contribution in [2.75, 3.05) is 7.05 Å². The maximum atomic E-state index is 5.93. The molecule has 0 radical (unpaired) electrons. The lowest BCUT2D eigenvalue weighted by molar-refractivity contribution is 0.262. The van der Waals surface area contributed by atoms with Crippen LogP contribution in [0.2, 0.25) is 4.34 Å². The van der Waals surface area contributed by atoms with E-state index < -0.39 is 0 Å². The Labute approximate surface area is 132 Å². The molecule has 0 bridgehead atoms. The Morgan fingerprint density at radius 2 is 1.95 bits per heavy atom. The lowest BCUT2D eigenvalue weighted by Crippen LogP contribution is -2.16. The zero-order chi connectivity index (χ0) is 14.7. The van der Waals surface area contributed by atoms with E-state index in [4.69, 9.17) is 16.1 Å². The molecule has 3 rings (SSSR count). The van der Waals surface area contributed by atoms with Crippen molar-refractivity contribution >= 4 is 22.9 Å². The fourth-order valence-corrected chi connectivity index (χ4v) is 3.18. The zero-order valence-corrected chi connectivity index (χ0v) is 13.1. The molecule has 0 aliphatic rings. The van der Waals surface area contributed by atoms with E-state index in [2.05, 4.69) is 15.0 Å². The second-order valence-corrected chi connectivity index (χ2v) is 6.56. The van der Waals surface area contributed by atoms with Gasteiger partial charge in [0.15, 0.2) is 0 Å². The average molecular weight is 320 g/mol. The van der Waals surface area contributed by atoms with E-state index in [9.17, 15) is 0 Å². The van der Waals surface area contributed by atoms with Crippen molar-refractivity contribution in [2.24, 2.45) is 0 Å². The van der Waals surface area contributed by atoms with E-state index >= 15 is 0 Å². The molecule has 0 atom stereocenters. The normalized spacial score (nSPS) is 11.2. The van der Waals surface area contributed by atoms with Gasteiger partial charge in [-0.05, 0) is 19.2 Å². The second kappa shape index (κ2) is 6.39. The zero-order valence-electron chi connectivity index (χ0n) is 11.5. The first kappa shape index (κ1) is 14.3. The number of benzene rings is 1. The molecule has 0 unspecified atom stereocenters. The molecule has 0 N–H and O–H groups in total. The van der Waals surface area contributed by atoms with Crippen LogP contribution in [0, 0.1) is 0 Å². The standard InChI is InChI=1S/C15H14ClN3OS/c1-19(9-12-7-8-13(16)21-12)10-14-17-15(18-20-14)11-5-3-2-4-6-11/h2-8H,9-10H2,1H3. The molecule has 0 saturated heterocycles. The fraction of sp³-hybridized carbons (Fsp3) is 0.200. The summed E-state index contributed by atoms with van der Waals surface area (Å²) in [5.41, 5.74) is 0.959. The molecule has 0 aliphatic carbocycles. The van der Waals surface area contributed by atoms with Crippen molar-refractivity contribution in [1.29, 1.82) is 0 Å². The van der Waals surface area contributed by atoms with Crippen molar-refractivity contribution in [2.45, 2.75) is 13.1 Å². The highest BCUT2D eigenvalue weighted by Gasteiger charge is 2.11. The van der Waals surface area contributed by atoms with Crippen molar-refractivity contribution in [3.05, 3.63) is 57.6 Å². The van der Waals surface area contributed by atoms with Gasteiger partial charge in [0.05, 0.1) is 10.9 Å². The summed E-state index contributed by atoms with van der Waals surface area (Å²) in [6.45, 7) is 1.41. The van der Waals surface area contributed by atoms with Gasteiger partial charge in [-0.3, -0.25) is 4.90 Å². The Kier molecular flexibility index (Phi) is 4.34. The number of thiophene rings is 1. The number of hydrogen-bond donors (Lipinski definition) is 0. The highest BCUT2D eigenvalue weighted by molar-refractivity contribution is 7.16. The van der Waals surface area contributed by atoms with Gasteiger partial charge >= 0.3 is 0 Å². The summed E-state index contributed by atoms with van der Waals surface area (Å²) >= 11 is 7.52. The summed E-state index contributed by atoms with van der Waals surface area (Å²) in [6.07, 6.45) is 0. The van der Waals surface area contributed by atoms with E-state index in [1.165, 1.54) is 4.88 Å². The van der Waals surface area contributed by atoms with E-state index in [1.54, 1.807) is 11.3 Å². The average Bonchev–Trinajstić information content (AvgIpc) is 3.09. The van der Waals surface area contributed by atoms with Crippen LogP contribution in [0.1, 0.15) is 10.8 Å². The summed E-state index contributed by atoms with van der Waals surface area (Å²) in [4.78, 5) is 7.75. The first-order valence-corrected chi connectivity index (χ1v) is 7.71. The van der Waals surface area contributed by atoms with Gasteiger partial charge in [0, 0.05) is 17.0 Å². The van der Waals surface area contributed by atoms with Gasteiger partial charge in [0.2, 0.25) is 11.7 Å². The van der Waals surface area contributed by atoms with Gasteiger partial charge in [0.25, 0.3) is 0 Å². The fourth-order valence-electron chi connectivity index (χ4n) is 2.01. The van der Waals surface area contributed by atoms with E-state index in [1.807, 2.05) is 49.5 Å². The predicted octanol–water partition coefficient (Wildman–Crippen LogP) is 4.08. The smallest absolute Gasteiger partial charge is 0.241 e. The molecular weight excluding hydrogens is 306 g/mol. The Morgan fingerprint density at radius 3 is 2.67 bits per heavy atom. The Hall–Kier alpha value is -1.69. The van der Waals surface area contributed by atoms with Crippen LogP contribution in [-0.2, 0) is 13.1 Å². The Morgan fingerprint density at radius 1 is 1.14 bits per heavy atom. The maximum absolute atomic E-state index is 5.93. The molecule has 0 saturated carbocycles. The van der Waals surface area contributed by atoms with Gasteiger partial charge in [-0.15, -0.1) is 11.3 Å². The lowest BCUT2D eigenvalue weighted by atomic mass is 10.2. The summed E-state index contributed by atoms with van der Waals surface area (Å²) in [5.74, 6) is 1.23. The molecule has 0 aliphatic heterocycles. The largest absolute Gasteiger partial charge is 0.338 e. The first-order chi connectivity index (χ1) is 10.2. The minimum absolute atomic E-state index is 0.607. The molecule has 6 heteroatoms. The number of rotatable bonds is 5. The first-order valence-electron chi connectivity index (χ1n) is 6.51. The molecule has 3 aromatic rings. The Balaban J connectivity index is 1.64. The molecule has 2 aromatic heterocycles. The summed E-state index contributed by atoms with van der Waals surface area (Å²) in [5, 5.41) is 4.02. The van der Waals surface area contributed by atoms with Crippen molar-refractivity contribution in [1.82, 2.24) is 15.0 Å². The van der Waals surface area contributed by atoms with Crippen LogP contribution in [0.5, 0.6) is 0 Å². The molecule has 2 heterocycles. The molecule has 4 nitrogen and oxygen atoms in total. The molecule has 0 spiro atoms. The number of hydrogen-bond acceptors (Lipinski definition) is 5. The molecule has 21 heavy (non-hydrogen) atoms. The summed E-state index contributed by atoms with van der Waals surface area (Å²) < 4.78 is 6.12. The van der Waals surface area contributed by atoms with Gasteiger partial charge < -0.3 is 4.52 Å². The van der Waals surface area contributed by atoms with Gasteiger partial charge in [-0.2, -0.15) is 4.98 Å². The SMILES string of the molecule is CN(Cc1nc(-c2ccccc2)no1)Cc1ccc(Cl)s1. The molecule has 108 valence electrons. The highest BCUT2D eigenvalue weighted by atomic mass is 35.5. The van der Waals surface area contributed by atoms with Crippen LogP contribution >= 0.6 is 22.9 Å².